The Bertz CT molecular complexity index is 1220. The maximum atomic E-state index is 12.6. The lowest BCUT2D eigenvalue weighted by molar-refractivity contribution is -0.116. The highest BCUT2D eigenvalue weighted by Gasteiger charge is 2.19. The van der Waals surface area contributed by atoms with E-state index in [9.17, 15) is 4.79 Å². The van der Waals surface area contributed by atoms with Crippen molar-refractivity contribution in [2.45, 2.75) is 27.7 Å². The van der Waals surface area contributed by atoms with Gasteiger partial charge in [0.25, 0.3) is 0 Å². The number of hydrogen-bond donors (Lipinski definition) is 1. The predicted molar refractivity (Wildman–Crippen MR) is 136 cm³/mol. The molecular weight excluding hydrogens is 428 g/mol. The lowest BCUT2D eigenvalue weighted by Gasteiger charge is -2.26. The molecule has 0 bridgehead atoms. The summed E-state index contributed by atoms with van der Waals surface area (Å²) in [4.78, 5) is 14.9. The first-order valence-electron chi connectivity index (χ1n) is 11.8. The van der Waals surface area contributed by atoms with Crippen LogP contribution in [0.3, 0.4) is 0 Å². The molecule has 1 N–H and O–H groups in total. The second kappa shape index (κ2) is 10.5. The Labute approximate surface area is 201 Å². The van der Waals surface area contributed by atoms with Crippen LogP contribution in [0.5, 0.6) is 5.75 Å². The molecule has 1 aromatic heterocycles. The number of amides is 1. The van der Waals surface area contributed by atoms with Crippen molar-refractivity contribution in [1.29, 1.82) is 0 Å². The van der Waals surface area contributed by atoms with E-state index in [0.29, 0.717) is 6.54 Å². The van der Waals surface area contributed by atoms with Crippen LogP contribution in [0.1, 0.15) is 29.2 Å². The van der Waals surface area contributed by atoms with Crippen molar-refractivity contribution in [3.05, 3.63) is 58.9 Å². The van der Waals surface area contributed by atoms with E-state index in [1.54, 1.807) is 13.2 Å². The highest BCUT2D eigenvalue weighted by atomic mass is 16.5. The first-order valence-corrected chi connectivity index (χ1v) is 11.8. The zero-order chi connectivity index (χ0) is 24.2. The number of hydrogen-bond acceptors (Lipinski definition) is 5. The molecule has 2 heterocycles. The molecule has 1 saturated heterocycles. The highest BCUT2D eigenvalue weighted by molar-refractivity contribution is 6.02. The maximum absolute atomic E-state index is 12.6. The number of ether oxygens (including phenoxy) is 2. The average Bonchev–Trinajstić information content (AvgIpc) is 3.23. The summed E-state index contributed by atoms with van der Waals surface area (Å²) in [6.45, 7) is 12.9. The number of rotatable bonds is 7. The van der Waals surface area contributed by atoms with Gasteiger partial charge < -0.3 is 19.2 Å². The van der Waals surface area contributed by atoms with Crippen LogP contribution >= 0.6 is 0 Å². The number of nitrogens with one attached hydrogen (secondary N) is 1. The van der Waals surface area contributed by atoms with Gasteiger partial charge in [0, 0.05) is 54.3 Å². The Morgan fingerprint density at radius 1 is 1.15 bits per heavy atom. The Morgan fingerprint density at radius 3 is 2.62 bits per heavy atom. The third-order valence-electron chi connectivity index (χ3n) is 6.52. The lowest BCUT2D eigenvalue weighted by Crippen LogP contribution is -2.41. The number of methoxy groups -OCH3 is 1. The number of furan rings is 1. The summed E-state index contributed by atoms with van der Waals surface area (Å²) in [5.74, 6) is 0.622. The number of carbonyl (C=O) groups excluding carboxylic acids is 1. The molecule has 0 unspecified atom stereocenters. The minimum Gasteiger partial charge on any atom is -0.496 e. The van der Waals surface area contributed by atoms with E-state index in [2.05, 4.69) is 48.3 Å². The number of allylic oxidation sites excluding steroid dienone is 1. The second-order valence-corrected chi connectivity index (χ2v) is 9.00. The molecule has 1 aliphatic heterocycles. The molecule has 0 spiro atoms. The van der Waals surface area contributed by atoms with Crippen LogP contribution in [0.15, 0.2) is 41.0 Å². The number of fused-ring (bicyclic) bond motifs is 1. The molecule has 180 valence electrons. The van der Waals surface area contributed by atoms with E-state index in [4.69, 9.17) is 13.9 Å². The van der Waals surface area contributed by atoms with Gasteiger partial charge >= 0.3 is 0 Å². The summed E-state index contributed by atoms with van der Waals surface area (Å²) >= 11 is 0. The molecule has 0 radical (unpaired) electrons. The van der Waals surface area contributed by atoms with Crippen molar-refractivity contribution in [2.75, 3.05) is 46.5 Å². The molecule has 0 saturated carbocycles. The van der Waals surface area contributed by atoms with Crippen LogP contribution < -0.4 is 10.1 Å². The van der Waals surface area contributed by atoms with E-state index < -0.39 is 0 Å². The van der Waals surface area contributed by atoms with Gasteiger partial charge in [0.15, 0.2) is 0 Å². The van der Waals surface area contributed by atoms with Crippen LogP contribution in [0.2, 0.25) is 0 Å². The minimum atomic E-state index is -0.104. The summed E-state index contributed by atoms with van der Waals surface area (Å²) in [5, 5.41) is 4.02. The smallest absolute Gasteiger partial charge is 0.244 e. The SMILES string of the molecule is COc1c(/C(C)=C/C(=O)NCCN2CCOCC2)cc2c(-c3ccc(C)cc3C)coc2c1C. The highest BCUT2D eigenvalue weighted by Crippen LogP contribution is 2.41. The second-order valence-electron chi connectivity index (χ2n) is 9.00. The minimum absolute atomic E-state index is 0.104. The fourth-order valence-electron chi connectivity index (χ4n) is 4.68. The first-order chi connectivity index (χ1) is 16.4. The summed E-state index contributed by atoms with van der Waals surface area (Å²) in [5.41, 5.74) is 8.08. The fourth-order valence-corrected chi connectivity index (χ4v) is 4.68. The Kier molecular flexibility index (Phi) is 7.39. The van der Waals surface area contributed by atoms with E-state index in [-0.39, 0.29) is 5.91 Å². The molecule has 34 heavy (non-hydrogen) atoms. The summed E-state index contributed by atoms with van der Waals surface area (Å²) in [7, 11) is 1.65. The van der Waals surface area contributed by atoms with Gasteiger partial charge in [0.2, 0.25) is 5.91 Å². The third-order valence-corrected chi connectivity index (χ3v) is 6.52. The molecular formula is C28H34N2O4. The zero-order valence-electron chi connectivity index (χ0n) is 20.8. The van der Waals surface area contributed by atoms with E-state index >= 15 is 0 Å². The molecule has 1 fully saturated rings. The molecule has 0 aliphatic carbocycles. The summed E-state index contributed by atoms with van der Waals surface area (Å²) in [6.07, 6.45) is 3.47. The van der Waals surface area contributed by atoms with Crippen molar-refractivity contribution in [1.82, 2.24) is 10.2 Å². The van der Waals surface area contributed by atoms with Gasteiger partial charge in [-0.3, -0.25) is 9.69 Å². The monoisotopic (exact) mass is 462 g/mol. The Balaban J connectivity index is 1.62. The molecule has 0 atom stereocenters. The van der Waals surface area contributed by atoms with Gasteiger partial charge in [0.1, 0.15) is 11.3 Å². The van der Waals surface area contributed by atoms with Crippen LogP contribution in [0.25, 0.3) is 27.7 Å². The van der Waals surface area contributed by atoms with E-state index in [1.807, 2.05) is 20.1 Å². The van der Waals surface area contributed by atoms with E-state index in [0.717, 1.165) is 77.4 Å². The number of morpholine rings is 1. The van der Waals surface area contributed by atoms with Gasteiger partial charge in [-0.25, -0.2) is 0 Å². The lowest BCUT2D eigenvalue weighted by atomic mass is 9.94. The Hall–Kier alpha value is -3.09. The molecule has 4 rings (SSSR count). The molecule has 1 amide bonds. The number of nitrogens with zero attached hydrogens (tertiary/aromatic N) is 1. The van der Waals surface area contributed by atoms with Crippen molar-refractivity contribution < 1.29 is 18.7 Å². The number of carbonyl (C=O) groups is 1. The summed E-state index contributed by atoms with van der Waals surface area (Å²) in [6, 6.07) is 8.51. The molecule has 6 heteroatoms. The number of benzene rings is 2. The van der Waals surface area contributed by atoms with Crippen LogP contribution in [0, 0.1) is 20.8 Å². The standard InChI is InChI=1S/C28H34N2O4/c1-18-6-7-22(19(2)14-18)25-17-34-28-21(4)27(32-5)23(16-24(25)28)20(3)15-26(31)29-8-9-30-10-12-33-13-11-30/h6-7,14-17H,8-13H2,1-5H3,(H,29,31)/b20-15+. The molecule has 3 aromatic rings. The predicted octanol–water partition coefficient (Wildman–Crippen LogP) is 4.89. The maximum Gasteiger partial charge on any atom is 0.244 e. The van der Waals surface area contributed by atoms with Gasteiger partial charge in [0.05, 0.1) is 26.6 Å². The third kappa shape index (κ3) is 5.03. The van der Waals surface area contributed by atoms with Crippen LogP contribution in [0.4, 0.5) is 0 Å². The normalized spacial score (nSPS) is 15.0. The fraction of sp³-hybridized carbons (Fsp3) is 0.393. The van der Waals surface area contributed by atoms with Crippen LogP contribution in [-0.4, -0.2) is 57.3 Å². The van der Waals surface area contributed by atoms with E-state index in [1.165, 1.54) is 11.1 Å². The first kappa shape index (κ1) is 24.0. The van der Waals surface area contributed by atoms with Crippen LogP contribution in [-0.2, 0) is 9.53 Å². The van der Waals surface area contributed by atoms with Gasteiger partial charge in [-0.2, -0.15) is 0 Å². The van der Waals surface area contributed by atoms with Gasteiger partial charge in [-0.1, -0.05) is 23.8 Å². The molecule has 1 aliphatic rings. The molecule has 6 nitrogen and oxygen atoms in total. The van der Waals surface area contributed by atoms with Crippen molar-refractivity contribution in [3.63, 3.8) is 0 Å². The van der Waals surface area contributed by atoms with Crippen molar-refractivity contribution >= 4 is 22.4 Å². The average molecular weight is 463 g/mol. The topological polar surface area (TPSA) is 63.9 Å². The number of aryl methyl sites for hydroxylation is 3. The van der Waals surface area contributed by atoms with Crippen molar-refractivity contribution in [2.24, 2.45) is 0 Å². The summed E-state index contributed by atoms with van der Waals surface area (Å²) < 4.78 is 17.1. The zero-order valence-corrected chi connectivity index (χ0v) is 20.8. The van der Waals surface area contributed by atoms with Crippen molar-refractivity contribution in [3.8, 4) is 16.9 Å². The van der Waals surface area contributed by atoms with Gasteiger partial charge in [-0.05, 0) is 50.5 Å². The molecule has 2 aromatic carbocycles. The largest absolute Gasteiger partial charge is 0.496 e. The Morgan fingerprint density at radius 2 is 1.91 bits per heavy atom. The van der Waals surface area contributed by atoms with Gasteiger partial charge in [-0.15, -0.1) is 0 Å². The quantitative estimate of drug-likeness (QED) is 0.507.